The fourth-order valence-corrected chi connectivity index (χ4v) is 2.52. The molecule has 2 aromatic heterocycles. The quantitative estimate of drug-likeness (QED) is 0.542. The second kappa shape index (κ2) is 4.92. The van der Waals surface area contributed by atoms with E-state index in [0.717, 1.165) is 0 Å². The van der Waals surface area contributed by atoms with Crippen LogP contribution in [0.4, 0.5) is 5.82 Å². The van der Waals surface area contributed by atoms with Gasteiger partial charge in [0.15, 0.2) is 11.5 Å². The van der Waals surface area contributed by atoms with E-state index < -0.39 is 24.4 Å². The molecule has 0 amide bonds. The highest BCUT2D eigenvalue weighted by Gasteiger charge is 2.38. The van der Waals surface area contributed by atoms with Gasteiger partial charge in [0.25, 0.3) is 0 Å². The average Bonchev–Trinajstić information content (AvgIpc) is 3.02. The minimum atomic E-state index is -1.18. The van der Waals surface area contributed by atoms with Gasteiger partial charge in [-0.1, -0.05) is 12.2 Å². The number of fused-ring (bicyclic) bond motifs is 1. The Kier molecular flexibility index (Phi) is 3.20. The van der Waals surface area contributed by atoms with Crippen molar-refractivity contribution in [3.05, 3.63) is 37.0 Å². The Labute approximate surface area is 119 Å². The summed E-state index contributed by atoms with van der Waals surface area (Å²) in [5, 5.41) is 30.0. The number of hydrogen-bond acceptors (Lipinski definition) is 7. The third kappa shape index (κ3) is 2.00. The average molecular weight is 289 g/mol. The Hall–Kier alpha value is -2.29. The van der Waals surface area contributed by atoms with Crippen LogP contribution >= 0.6 is 0 Å². The Bertz CT molecular complexity index is 726. The Morgan fingerprint density at radius 1 is 1.33 bits per heavy atom. The number of rotatable bonds is 3. The van der Waals surface area contributed by atoms with Crippen LogP contribution < -0.4 is 5.73 Å². The first kappa shape index (κ1) is 13.7. The summed E-state index contributed by atoms with van der Waals surface area (Å²) in [6.45, 7) is 3.47. The second-order valence-corrected chi connectivity index (χ2v) is 4.86. The van der Waals surface area contributed by atoms with E-state index in [9.17, 15) is 15.3 Å². The molecular weight excluding hydrogens is 274 g/mol. The highest BCUT2D eigenvalue weighted by Crippen LogP contribution is 2.33. The zero-order valence-corrected chi connectivity index (χ0v) is 11.0. The molecule has 8 heteroatoms. The molecule has 21 heavy (non-hydrogen) atoms. The third-order valence-electron chi connectivity index (χ3n) is 3.65. The van der Waals surface area contributed by atoms with E-state index in [2.05, 4.69) is 21.5 Å². The number of aliphatic hydroxyl groups is 3. The van der Waals surface area contributed by atoms with Gasteiger partial charge in [0.2, 0.25) is 0 Å². The van der Waals surface area contributed by atoms with Crippen molar-refractivity contribution in [2.24, 2.45) is 0 Å². The first-order valence-corrected chi connectivity index (χ1v) is 6.36. The smallest absolute Gasteiger partial charge is 0.166 e. The van der Waals surface area contributed by atoms with E-state index >= 15 is 0 Å². The van der Waals surface area contributed by atoms with Crippen molar-refractivity contribution >= 4 is 17.0 Å². The SMILES string of the molecule is C=C[C@H](O)C1=C[C@@H](n2cnc3c(N)ncnc32)[C@H](O)[C@@H]1O. The molecule has 5 N–H and O–H groups in total. The lowest BCUT2D eigenvalue weighted by Gasteiger charge is -2.19. The molecule has 0 fully saturated rings. The summed E-state index contributed by atoms with van der Waals surface area (Å²) < 4.78 is 1.59. The van der Waals surface area contributed by atoms with Crippen LogP contribution in [0.2, 0.25) is 0 Å². The number of imidazole rings is 1. The maximum Gasteiger partial charge on any atom is 0.166 e. The molecule has 1 aliphatic carbocycles. The van der Waals surface area contributed by atoms with Crippen LogP contribution in [-0.2, 0) is 0 Å². The number of anilines is 1. The van der Waals surface area contributed by atoms with Gasteiger partial charge in [0.05, 0.1) is 18.5 Å². The maximum absolute atomic E-state index is 10.2. The maximum atomic E-state index is 10.2. The molecule has 0 bridgehead atoms. The number of aromatic nitrogens is 4. The summed E-state index contributed by atoms with van der Waals surface area (Å²) in [6, 6.07) is -0.608. The van der Waals surface area contributed by atoms with Gasteiger partial charge in [-0.3, -0.25) is 0 Å². The molecule has 0 unspecified atom stereocenters. The van der Waals surface area contributed by atoms with Gasteiger partial charge < -0.3 is 25.6 Å². The Morgan fingerprint density at radius 2 is 2.10 bits per heavy atom. The number of nitrogens with two attached hydrogens (primary N) is 1. The molecule has 0 aromatic carbocycles. The zero-order chi connectivity index (χ0) is 15.1. The van der Waals surface area contributed by atoms with Crippen LogP contribution in [0.5, 0.6) is 0 Å². The normalized spacial score (nSPS) is 26.8. The van der Waals surface area contributed by atoms with Gasteiger partial charge in [-0.2, -0.15) is 0 Å². The monoisotopic (exact) mass is 289 g/mol. The molecule has 110 valence electrons. The van der Waals surface area contributed by atoms with E-state index in [-0.39, 0.29) is 5.82 Å². The summed E-state index contributed by atoms with van der Waals surface area (Å²) in [5.74, 6) is 0.238. The van der Waals surface area contributed by atoms with Crippen LogP contribution in [0.25, 0.3) is 11.2 Å². The van der Waals surface area contributed by atoms with Crippen molar-refractivity contribution in [2.45, 2.75) is 24.4 Å². The summed E-state index contributed by atoms with van der Waals surface area (Å²) in [6.07, 6.45) is 2.32. The van der Waals surface area contributed by atoms with Gasteiger partial charge in [-0.25, -0.2) is 15.0 Å². The van der Waals surface area contributed by atoms with E-state index in [4.69, 9.17) is 5.73 Å². The third-order valence-corrected chi connectivity index (χ3v) is 3.65. The number of nitrogen functional groups attached to an aromatic ring is 1. The van der Waals surface area contributed by atoms with Crippen molar-refractivity contribution in [2.75, 3.05) is 5.73 Å². The minimum Gasteiger partial charge on any atom is -0.388 e. The van der Waals surface area contributed by atoms with E-state index in [1.807, 2.05) is 0 Å². The summed E-state index contributed by atoms with van der Waals surface area (Å²) in [4.78, 5) is 12.1. The number of aliphatic hydroxyl groups excluding tert-OH is 3. The molecule has 0 saturated carbocycles. The fraction of sp³-hybridized carbons (Fsp3) is 0.308. The highest BCUT2D eigenvalue weighted by molar-refractivity contribution is 5.81. The molecule has 2 aromatic rings. The minimum absolute atomic E-state index is 0.238. The lowest BCUT2D eigenvalue weighted by atomic mass is 10.1. The molecule has 0 aliphatic heterocycles. The van der Waals surface area contributed by atoms with E-state index in [1.54, 1.807) is 10.6 Å². The predicted molar refractivity (Wildman–Crippen MR) is 75.1 cm³/mol. The standard InChI is InChI=1S/C13H15N5O3/c1-2-8(19)6-3-7(11(21)10(6)20)18-5-17-9-12(14)15-4-16-13(9)18/h2-5,7-8,10-11,19-21H,1H2,(H2,14,15,16)/t7-,8+,10-,11+/m1/s1. The van der Waals surface area contributed by atoms with Crippen molar-refractivity contribution in [1.82, 2.24) is 19.5 Å². The van der Waals surface area contributed by atoms with Crippen LogP contribution in [0.1, 0.15) is 6.04 Å². The second-order valence-electron chi connectivity index (χ2n) is 4.86. The van der Waals surface area contributed by atoms with Gasteiger partial charge in [0, 0.05) is 0 Å². The predicted octanol–water partition coefficient (Wildman–Crippen LogP) is -0.842. The van der Waals surface area contributed by atoms with Crippen molar-refractivity contribution in [1.29, 1.82) is 0 Å². The first-order chi connectivity index (χ1) is 10.0. The van der Waals surface area contributed by atoms with E-state index in [1.165, 1.54) is 18.7 Å². The van der Waals surface area contributed by atoms with Crippen molar-refractivity contribution in [3.63, 3.8) is 0 Å². The van der Waals surface area contributed by atoms with E-state index in [0.29, 0.717) is 16.7 Å². The summed E-state index contributed by atoms with van der Waals surface area (Å²) in [5.41, 5.74) is 6.89. The highest BCUT2D eigenvalue weighted by atomic mass is 16.3. The fourth-order valence-electron chi connectivity index (χ4n) is 2.52. The van der Waals surface area contributed by atoms with Gasteiger partial charge in [-0.05, 0) is 5.57 Å². The van der Waals surface area contributed by atoms with Crippen molar-refractivity contribution in [3.8, 4) is 0 Å². The van der Waals surface area contributed by atoms with Gasteiger partial charge in [0.1, 0.15) is 24.1 Å². The molecular formula is C13H15N5O3. The lowest BCUT2D eigenvalue weighted by molar-refractivity contribution is 0.0254. The zero-order valence-electron chi connectivity index (χ0n) is 11.0. The summed E-state index contributed by atoms with van der Waals surface area (Å²) in [7, 11) is 0. The van der Waals surface area contributed by atoms with Crippen LogP contribution in [0.3, 0.4) is 0 Å². The largest absolute Gasteiger partial charge is 0.388 e. The molecule has 4 atom stereocenters. The first-order valence-electron chi connectivity index (χ1n) is 6.36. The molecule has 0 radical (unpaired) electrons. The molecule has 2 heterocycles. The molecule has 3 rings (SSSR count). The summed E-state index contributed by atoms with van der Waals surface area (Å²) >= 11 is 0. The van der Waals surface area contributed by atoms with Gasteiger partial charge >= 0.3 is 0 Å². The lowest BCUT2D eigenvalue weighted by Crippen LogP contribution is -2.31. The number of hydrogen-bond donors (Lipinski definition) is 4. The van der Waals surface area contributed by atoms with Crippen LogP contribution in [0.15, 0.2) is 37.0 Å². The Morgan fingerprint density at radius 3 is 2.81 bits per heavy atom. The topological polar surface area (TPSA) is 130 Å². The van der Waals surface area contributed by atoms with Crippen molar-refractivity contribution < 1.29 is 15.3 Å². The van der Waals surface area contributed by atoms with Crippen LogP contribution in [-0.4, -0.2) is 53.2 Å². The van der Waals surface area contributed by atoms with Gasteiger partial charge in [-0.15, -0.1) is 6.58 Å². The van der Waals surface area contributed by atoms with Crippen LogP contribution in [0, 0.1) is 0 Å². The molecule has 8 nitrogen and oxygen atoms in total. The Balaban J connectivity index is 2.08. The molecule has 1 aliphatic rings. The number of nitrogens with zero attached hydrogens (tertiary/aromatic N) is 4. The molecule has 0 spiro atoms. The molecule has 0 saturated heterocycles.